The molecule has 0 aliphatic heterocycles. The van der Waals surface area contributed by atoms with E-state index in [4.69, 9.17) is 12.2 Å². The third-order valence-electron chi connectivity index (χ3n) is 2.13. The van der Waals surface area contributed by atoms with Crippen molar-refractivity contribution in [2.75, 3.05) is 5.75 Å². The molecule has 15 heavy (non-hydrogen) atoms. The number of allylic oxidation sites excluding steroid dienone is 1. The van der Waals surface area contributed by atoms with Crippen LogP contribution in [-0.2, 0) is 0 Å². The smallest absolute Gasteiger partial charge is 0.0450 e. The monoisotopic (exact) mass is 236 g/mol. The van der Waals surface area contributed by atoms with Crippen molar-refractivity contribution in [2.45, 2.75) is 19.8 Å². The minimum Gasteiger partial charge on any atom is -0.115 e. The fourth-order valence-corrected chi connectivity index (χ4v) is 1.94. The Morgan fingerprint density at radius 1 is 1.40 bits per heavy atom. The molecule has 0 saturated heterocycles. The lowest BCUT2D eigenvalue weighted by atomic mass is 10.0. The highest BCUT2D eigenvalue weighted by Crippen LogP contribution is 2.16. The second-order valence-corrected chi connectivity index (χ2v) is 5.54. The molecule has 0 bridgehead atoms. The summed E-state index contributed by atoms with van der Waals surface area (Å²) in [6, 6.07) is 10.5. The summed E-state index contributed by atoms with van der Waals surface area (Å²) in [5, 5.41) is 0. The van der Waals surface area contributed by atoms with Crippen molar-refractivity contribution in [3.63, 3.8) is 0 Å². The summed E-state index contributed by atoms with van der Waals surface area (Å²) in [6.07, 6.45) is 4.43. The first-order valence-corrected chi connectivity index (χ1v) is 6.44. The topological polar surface area (TPSA) is 0 Å². The molecule has 2 heteroatoms. The van der Waals surface area contributed by atoms with E-state index in [0.717, 1.165) is 9.95 Å². The van der Waals surface area contributed by atoms with Crippen LogP contribution in [-0.4, -0.2) is 9.95 Å². The van der Waals surface area contributed by atoms with Gasteiger partial charge < -0.3 is 0 Å². The van der Waals surface area contributed by atoms with E-state index in [2.05, 4.69) is 43.3 Å². The van der Waals surface area contributed by atoms with Crippen LogP contribution in [0.25, 0.3) is 0 Å². The zero-order chi connectivity index (χ0) is 11.1. The van der Waals surface area contributed by atoms with Crippen LogP contribution in [0.15, 0.2) is 42.5 Å². The average molecular weight is 236 g/mol. The normalized spacial score (nSPS) is 12.9. The maximum Gasteiger partial charge on any atom is 0.0450 e. The zero-order valence-electron chi connectivity index (χ0n) is 9.14. The van der Waals surface area contributed by atoms with Crippen molar-refractivity contribution in [3.05, 3.63) is 48.0 Å². The van der Waals surface area contributed by atoms with Crippen molar-refractivity contribution in [3.8, 4) is 0 Å². The van der Waals surface area contributed by atoms with Gasteiger partial charge in [-0.1, -0.05) is 61.6 Å². The largest absolute Gasteiger partial charge is 0.115 e. The Morgan fingerprint density at radius 3 is 2.67 bits per heavy atom. The summed E-state index contributed by atoms with van der Waals surface area (Å²) in [7, 11) is 0. The molecule has 1 aromatic rings. The maximum atomic E-state index is 5.00. The molecule has 0 aliphatic carbocycles. The molecule has 0 fully saturated rings. The van der Waals surface area contributed by atoms with E-state index in [1.807, 2.05) is 13.0 Å². The van der Waals surface area contributed by atoms with Gasteiger partial charge in [0.25, 0.3) is 0 Å². The fraction of sp³-hybridized carbons (Fsp3) is 0.308. The second-order valence-electron chi connectivity index (χ2n) is 3.43. The number of hydrogen-bond acceptors (Lipinski definition) is 2. The van der Waals surface area contributed by atoms with E-state index in [1.165, 1.54) is 5.56 Å². The molecule has 0 nitrogen and oxygen atoms in total. The molecule has 80 valence electrons. The summed E-state index contributed by atoms with van der Waals surface area (Å²) in [4.78, 5) is 0. The van der Waals surface area contributed by atoms with E-state index < -0.39 is 0 Å². The Labute approximate surface area is 102 Å². The molecule has 1 unspecified atom stereocenters. The molecule has 0 amide bonds. The first kappa shape index (κ1) is 12.5. The van der Waals surface area contributed by atoms with E-state index in [1.54, 1.807) is 11.8 Å². The predicted molar refractivity (Wildman–Crippen MR) is 74.7 cm³/mol. The number of benzene rings is 1. The van der Waals surface area contributed by atoms with Crippen molar-refractivity contribution in [2.24, 2.45) is 0 Å². The van der Waals surface area contributed by atoms with Gasteiger partial charge in [0, 0.05) is 9.95 Å². The Hall–Kier alpha value is -0.600. The van der Waals surface area contributed by atoms with Crippen molar-refractivity contribution in [1.82, 2.24) is 0 Å². The first-order chi connectivity index (χ1) is 7.20. The van der Waals surface area contributed by atoms with Gasteiger partial charge in [0.1, 0.15) is 0 Å². The van der Waals surface area contributed by atoms with Gasteiger partial charge in [-0.25, -0.2) is 0 Å². The summed E-state index contributed by atoms with van der Waals surface area (Å²) in [6.45, 7) is 4.18. The van der Waals surface area contributed by atoms with E-state index in [9.17, 15) is 0 Å². The summed E-state index contributed by atoms with van der Waals surface area (Å²) >= 11 is 6.71. The quantitative estimate of drug-likeness (QED) is 0.560. The number of thiocarbonyl (C=S) groups is 1. The highest BCUT2D eigenvalue weighted by Gasteiger charge is 1.98. The Kier molecular flexibility index (Phi) is 5.66. The predicted octanol–water partition coefficient (Wildman–Crippen LogP) is 4.43. The van der Waals surface area contributed by atoms with Gasteiger partial charge in [-0.2, -0.15) is 0 Å². The van der Waals surface area contributed by atoms with Gasteiger partial charge in [-0.05, 0) is 18.4 Å². The summed E-state index contributed by atoms with van der Waals surface area (Å²) in [5.41, 5.74) is 1.36. The Balaban J connectivity index is 2.42. The number of thioether (sulfide) groups is 1. The molecule has 0 aromatic heterocycles. The van der Waals surface area contributed by atoms with E-state index in [-0.39, 0.29) is 0 Å². The van der Waals surface area contributed by atoms with Crippen LogP contribution in [0, 0.1) is 0 Å². The molecule has 1 aromatic carbocycles. The molecule has 0 spiro atoms. The second kappa shape index (κ2) is 6.81. The molecule has 0 saturated carbocycles. The number of hydrogen-bond donors (Lipinski definition) is 0. The Bertz CT molecular complexity index is 328. The summed E-state index contributed by atoms with van der Waals surface area (Å²) < 4.78 is 1.01. The highest BCUT2D eigenvalue weighted by atomic mass is 32.2. The van der Waals surface area contributed by atoms with E-state index in [0.29, 0.717) is 5.92 Å². The van der Waals surface area contributed by atoms with Gasteiger partial charge >= 0.3 is 0 Å². The zero-order valence-corrected chi connectivity index (χ0v) is 10.8. The molecule has 0 radical (unpaired) electrons. The third-order valence-corrected chi connectivity index (χ3v) is 3.25. The molecule has 0 aliphatic rings. The van der Waals surface area contributed by atoms with Gasteiger partial charge in [-0.15, -0.1) is 11.8 Å². The van der Waals surface area contributed by atoms with Crippen LogP contribution in [0.4, 0.5) is 0 Å². The summed E-state index contributed by atoms with van der Waals surface area (Å²) in [5.74, 6) is 1.46. The molecule has 1 rings (SSSR count). The molecule has 1 atom stereocenters. The minimum absolute atomic E-state index is 0.484. The van der Waals surface area contributed by atoms with Gasteiger partial charge in [0.2, 0.25) is 0 Å². The fourth-order valence-electron chi connectivity index (χ4n) is 1.29. The minimum atomic E-state index is 0.484. The van der Waals surface area contributed by atoms with Crippen LogP contribution in [0.2, 0.25) is 0 Å². The van der Waals surface area contributed by atoms with Crippen LogP contribution in [0.1, 0.15) is 25.3 Å². The lowest BCUT2D eigenvalue weighted by Gasteiger charge is -2.05. The van der Waals surface area contributed by atoms with Crippen LogP contribution < -0.4 is 0 Å². The Morgan fingerprint density at radius 2 is 2.07 bits per heavy atom. The van der Waals surface area contributed by atoms with Crippen molar-refractivity contribution < 1.29 is 0 Å². The lowest BCUT2D eigenvalue weighted by molar-refractivity contribution is 0.966. The van der Waals surface area contributed by atoms with Gasteiger partial charge in [-0.3, -0.25) is 0 Å². The number of rotatable bonds is 4. The maximum absolute atomic E-state index is 5.00. The van der Waals surface area contributed by atoms with E-state index >= 15 is 0 Å². The van der Waals surface area contributed by atoms with Crippen molar-refractivity contribution >= 4 is 28.2 Å². The molecule has 0 N–H and O–H groups in total. The SMILES string of the molecule is CC(=S)SC/C=C/C(C)c1ccccc1. The molecular formula is C13H16S2. The molecular weight excluding hydrogens is 220 g/mol. The molecule has 0 heterocycles. The first-order valence-electron chi connectivity index (χ1n) is 5.05. The van der Waals surface area contributed by atoms with Crippen molar-refractivity contribution in [1.29, 1.82) is 0 Å². The van der Waals surface area contributed by atoms with Crippen LogP contribution in [0.5, 0.6) is 0 Å². The van der Waals surface area contributed by atoms with Gasteiger partial charge in [0.15, 0.2) is 0 Å². The third kappa shape index (κ3) is 5.14. The van der Waals surface area contributed by atoms with Crippen LogP contribution >= 0.6 is 24.0 Å². The highest BCUT2D eigenvalue weighted by molar-refractivity contribution is 8.23. The average Bonchev–Trinajstić information content (AvgIpc) is 2.25. The lowest BCUT2D eigenvalue weighted by Crippen LogP contribution is -1.88. The standard InChI is InChI=1S/C13H16S2/c1-11(7-6-10-15-12(2)14)13-8-4-3-5-9-13/h3-9,11H,10H2,1-2H3/b7-6+. The van der Waals surface area contributed by atoms with Gasteiger partial charge in [0.05, 0.1) is 0 Å². The van der Waals surface area contributed by atoms with Crippen LogP contribution in [0.3, 0.4) is 0 Å².